The van der Waals surface area contributed by atoms with Crippen LogP contribution >= 0.6 is 0 Å². The topological polar surface area (TPSA) is 43.4 Å². The number of ketones is 1. The van der Waals surface area contributed by atoms with E-state index in [1.807, 2.05) is 13.8 Å². The van der Waals surface area contributed by atoms with Crippen LogP contribution < -0.4 is 0 Å². The molecule has 1 fully saturated rings. The van der Waals surface area contributed by atoms with Crippen LogP contribution in [-0.2, 0) is 14.3 Å². The summed E-state index contributed by atoms with van der Waals surface area (Å²) in [5.74, 6) is -0.144. The number of carbonyl (C=O) groups is 2. The van der Waals surface area contributed by atoms with Crippen LogP contribution in [0.15, 0.2) is 0 Å². The van der Waals surface area contributed by atoms with Gasteiger partial charge in [-0.15, -0.1) is 0 Å². The summed E-state index contributed by atoms with van der Waals surface area (Å²) in [6.07, 6.45) is 0.356. The van der Waals surface area contributed by atoms with Crippen molar-refractivity contribution in [2.45, 2.75) is 20.3 Å². The van der Waals surface area contributed by atoms with Crippen molar-refractivity contribution >= 4 is 11.8 Å². The van der Waals surface area contributed by atoms with Crippen molar-refractivity contribution in [3.05, 3.63) is 0 Å². The van der Waals surface area contributed by atoms with Crippen molar-refractivity contribution in [1.29, 1.82) is 0 Å². The Morgan fingerprint density at radius 3 is 2.42 bits per heavy atom. The second kappa shape index (κ2) is 3.25. The summed E-state index contributed by atoms with van der Waals surface area (Å²) < 4.78 is 4.61. The smallest absolute Gasteiger partial charge is 0.309 e. The van der Waals surface area contributed by atoms with Gasteiger partial charge in [-0.2, -0.15) is 0 Å². The maximum atomic E-state index is 11.2. The van der Waals surface area contributed by atoms with Crippen LogP contribution in [0.5, 0.6) is 0 Å². The Balaban J connectivity index is 2.70. The summed E-state index contributed by atoms with van der Waals surface area (Å²) >= 11 is 0. The van der Waals surface area contributed by atoms with E-state index in [1.165, 1.54) is 7.11 Å². The molecule has 3 nitrogen and oxygen atoms in total. The largest absolute Gasteiger partial charge is 0.469 e. The summed E-state index contributed by atoms with van der Waals surface area (Å²) in [5.41, 5.74) is 0. The molecule has 1 saturated carbocycles. The predicted octanol–water partition coefficient (Wildman–Crippen LogP) is 1.02. The molecule has 0 bridgehead atoms. The average molecular weight is 170 g/mol. The molecule has 0 aromatic carbocycles. The Kier molecular flexibility index (Phi) is 2.50. The van der Waals surface area contributed by atoms with E-state index in [2.05, 4.69) is 4.74 Å². The summed E-state index contributed by atoms with van der Waals surface area (Å²) in [4.78, 5) is 22.3. The number of esters is 1. The van der Waals surface area contributed by atoms with Gasteiger partial charge in [0.15, 0.2) is 0 Å². The minimum absolute atomic E-state index is 0.00843. The van der Waals surface area contributed by atoms with E-state index >= 15 is 0 Å². The van der Waals surface area contributed by atoms with Gasteiger partial charge in [-0.1, -0.05) is 13.8 Å². The van der Waals surface area contributed by atoms with Crippen molar-refractivity contribution in [1.82, 2.24) is 0 Å². The Bertz CT molecular complexity index is 210. The van der Waals surface area contributed by atoms with Gasteiger partial charge in [-0.25, -0.2) is 0 Å². The lowest BCUT2D eigenvalue weighted by molar-refractivity contribution is -0.147. The third kappa shape index (κ3) is 1.36. The molecule has 0 radical (unpaired) electrons. The summed E-state index contributed by atoms with van der Waals surface area (Å²) in [6.45, 7) is 3.80. The van der Waals surface area contributed by atoms with Crippen LogP contribution in [0.4, 0.5) is 0 Å². The molecule has 12 heavy (non-hydrogen) atoms. The van der Waals surface area contributed by atoms with E-state index in [0.29, 0.717) is 6.42 Å². The number of hydrogen-bond donors (Lipinski definition) is 0. The third-order valence-corrected chi connectivity index (χ3v) is 2.86. The number of Topliss-reactive ketones (excluding diaryl/α,β-unsaturated/α-hetero) is 1. The number of ether oxygens (including phenoxy) is 1. The number of rotatable bonds is 1. The first-order valence-electron chi connectivity index (χ1n) is 4.18. The zero-order valence-corrected chi connectivity index (χ0v) is 7.66. The highest BCUT2D eigenvalue weighted by Gasteiger charge is 2.41. The van der Waals surface area contributed by atoms with Crippen molar-refractivity contribution in [2.24, 2.45) is 17.8 Å². The van der Waals surface area contributed by atoms with E-state index in [9.17, 15) is 9.59 Å². The Hall–Kier alpha value is -0.860. The average Bonchev–Trinajstić information content (AvgIpc) is 2.32. The van der Waals surface area contributed by atoms with Gasteiger partial charge >= 0.3 is 5.97 Å². The fourth-order valence-electron chi connectivity index (χ4n) is 1.68. The van der Waals surface area contributed by atoms with Crippen molar-refractivity contribution < 1.29 is 14.3 Å². The molecule has 1 rings (SSSR count). The molecule has 0 spiro atoms. The molecular weight excluding hydrogens is 156 g/mol. The summed E-state index contributed by atoms with van der Waals surface area (Å²) in [5, 5.41) is 0. The lowest BCUT2D eigenvalue weighted by Gasteiger charge is -2.13. The Morgan fingerprint density at radius 2 is 2.08 bits per heavy atom. The summed E-state index contributed by atoms with van der Waals surface area (Å²) in [7, 11) is 1.36. The SMILES string of the molecule is COC(=O)C1CC(=O)C(C)C1C. The van der Waals surface area contributed by atoms with E-state index in [0.717, 1.165) is 0 Å². The lowest BCUT2D eigenvalue weighted by Crippen LogP contribution is -2.20. The molecule has 0 heterocycles. The van der Waals surface area contributed by atoms with Crippen LogP contribution in [0.25, 0.3) is 0 Å². The minimum atomic E-state index is -0.250. The van der Waals surface area contributed by atoms with Gasteiger partial charge in [0.2, 0.25) is 0 Å². The Morgan fingerprint density at radius 1 is 1.50 bits per heavy atom. The lowest BCUT2D eigenvalue weighted by atomic mass is 9.93. The number of hydrogen-bond acceptors (Lipinski definition) is 3. The Labute approximate surface area is 72.1 Å². The molecule has 0 saturated heterocycles. The van der Waals surface area contributed by atoms with Crippen LogP contribution in [0.3, 0.4) is 0 Å². The van der Waals surface area contributed by atoms with E-state index in [-0.39, 0.29) is 29.5 Å². The first-order valence-corrected chi connectivity index (χ1v) is 4.18. The second-order valence-corrected chi connectivity index (χ2v) is 3.45. The third-order valence-electron chi connectivity index (χ3n) is 2.86. The van der Waals surface area contributed by atoms with Gasteiger partial charge in [0, 0.05) is 12.3 Å². The highest BCUT2D eigenvalue weighted by atomic mass is 16.5. The van der Waals surface area contributed by atoms with Crippen LogP contribution in [0.2, 0.25) is 0 Å². The maximum absolute atomic E-state index is 11.2. The van der Waals surface area contributed by atoms with Crippen molar-refractivity contribution in [2.75, 3.05) is 7.11 Å². The first kappa shape index (κ1) is 9.23. The quantitative estimate of drug-likeness (QED) is 0.552. The van der Waals surface area contributed by atoms with Crippen molar-refractivity contribution in [3.8, 4) is 0 Å². The first-order chi connectivity index (χ1) is 5.57. The van der Waals surface area contributed by atoms with Gasteiger partial charge in [-0.3, -0.25) is 9.59 Å². The van der Waals surface area contributed by atoms with Crippen LogP contribution in [-0.4, -0.2) is 18.9 Å². The minimum Gasteiger partial charge on any atom is -0.469 e. The molecule has 0 aliphatic heterocycles. The molecule has 3 atom stereocenters. The standard InChI is InChI=1S/C9H14O3/c1-5-6(2)8(10)4-7(5)9(11)12-3/h5-7H,4H2,1-3H3. The zero-order chi connectivity index (χ0) is 9.30. The zero-order valence-electron chi connectivity index (χ0n) is 7.66. The fraction of sp³-hybridized carbons (Fsp3) is 0.778. The molecular formula is C9H14O3. The van der Waals surface area contributed by atoms with Crippen LogP contribution in [0, 0.1) is 17.8 Å². The van der Waals surface area contributed by atoms with Crippen LogP contribution in [0.1, 0.15) is 20.3 Å². The molecule has 0 aromatic rings. The molecule has 0 N–H and O–H groups in total. The van der Waals surface area contributed by atoms with Gasteiger partial charge in [0.25, 0.3) is 0 Å². The molecule has 68 valence electrons. The van der Waals surface area contributed by atoms with Gasteiger partial charge in [0.05, 0.1) is 13.0 Å². The highest BCUT2D eigenvalue weighted by molar-refractivity contribution is 5.90. The van der Waals surface area contributed by atoms with E-state index < -0.39 is 0 Å². The fourth-order valence-corrected chi connectivity index (χ4v) is 1.68. The second-order valence-electron chi connectivity index (χ2n) is 3.45. The molecule has 1 aliphatic carbocycles. The number of carbonyl (C=O) groups excluding carboxylic acids is 2. The van der Waals surface area contributed by atoms with Crippen molar-refractivity contribution in [3.63, 3.8) is 0 Å². The molecule has 3 unspecified atom stereocenters. The van der Waals surface area contributed by atoms with E-state index in [4.69, 9.17) is 0 Å². The molecule has 3 heteroatoms. The van der Waals surface area contributed by atoms with E-state index in [1.54, 1.807) is 0 Å². The number of methoxy groups -OCH3 is 1. The normalized spacial score (nSPS) is 35.2. The highest BCUT2D eigenvalue weighted by Crippen LogP contribution is 2.34. The maximum Gasteiger partial charge on any atom is 0.309 e. The van der Waals surface area contributed by atoms with Gasteiger partial charge < -0.3 is 4.74 Å². The predicted molar refractivity (Wildman–Crippen MR) is 43.5 cm³/mol. The van der Waals surface area contributed by atoms with Gasteiger partial charge in [0.1, 0.15) is 5.78 Å². The molecule has 0 aromatic heterocycles. The molecule has 1 aliphatic rings. The summed E-state index contributed by atoms with van der Waals surface area (Å²) in [6, 6.07) is 0. The molecule has 0 amide bonds. The monoisotopic (exact) mass is 170 g/mol. The van der Waals surface area contributed by atoms with Gasteiger partial charge in [-0.05, 0) is 5.92 Å².